The number of hydrogen-bond donors (Lipinski definition) is 1. The zero-order valence-corrected chi connectivity index (χ0v) is 15.6. The molecule has 0 atom stereocenters. The van der Waals surface area contributed by atoms with E-state index in [1.807, 2.05) is 0 Å². The predicted octanol–water partition coefficient (Wildman–Crippen LogP) is 3.89. The van der Waals surface area contributed by atoms with Gasteiger partial charge in [0.1, 0.15) is 17.0 Å². The van der Waals surface area contributed by atoms with Gasteiger partial charge in [-0.2, -0.15) is 18.2 Å². The van der Waals surface area contributed by atoms with Crippen LogP contribution in [0.5, 0.6) is 0 Å². The standard InChI is InChI=1S/C16H22ClF3N4O2/c1-15(2,3)26-14(25)22-8-10-4-6-24(7-5-10)12-11(16(18,19)20)9-21-13(17)23-12/h9-10H,4-8H2,1-3H3,(H,22,25). The molecule has 1 aliphatic heterocycles. The molecule has 0 bridgehead atoms. The van der Waals surface area contributed by atoms with Gasteiger partial charge in [-0.1, -0.05) is 0 Å². The molecule has 1 amide bonds. The van der Waals surface area contributed by atoms with Gasteiger partial charge in [-0.25, -0.2) is 9.78 Å². The van der Waals surface area contributed by atoms with E-state index in [1.165, 1.54) is 0 Å². The van der Waals surface area contributed by atoms with Crippen LogP contribution < -0.4 is 10.2 Å². The molecule has 1 aromatic rings. The molecule has 146 valence electrons. The third kappa shape index (κ3) is 5.89. The van der Waals surface area contributed by atoms with E-state index in [9.17, 15) is 18.0 Å². The van der Waals surface area contributed by atoms with Crippen molar-refractivity contribution in [2.24, 2.45) is 5.92 Å². The lowest BCUT2D eigenvalue weighted by molar-refractivity contribution is -0.137. The molecule has 0 spiro atoms. The number of halogens is 4. The molecule has 10 heteroatoms. The molecule has 1 saturated heterocycles. The summed E-state index contributed by atoms with van der Waals surface area (Å²) in [5.74, 6) is -0.0403. The summed E-state index contributed by atoms with van der Waals surface area (Å²) in [7, 11) is 0. The Hall–Kier alpha value is -1.77. The van der Waals surface area contributed by atoms with Gasteiger partial charge in [-0.15, -0.1) is 0 Å². The molecular formula is C16H22ClF3N4O2. The molecule has 0 aliphatic carbocycles. The molecule has 0 unspecified atom stereocenters. The first-order valence-electron chi connectivity index (χ1n) is 8.27. The lowest BCUT2D eigenvalue weighted by Gasteiger charge is -2.34. The Morgan fingerprint density at radius 1 is 1.35 bits per heavy atom. The SMILES string of the molecule is CC(C)(C)OC(=O)NCC1CCN(c2nc(Cl)ncc2C(F)(F)F)CC1. The fraction of sp³-hybridized carbons (Fsp3) is 0.688. The molecule has 0 aromatic carbocycles. The molecular weight excluding hydrogens is 373 g/mol. The molecule has 1 fully saturated rings. The number of amides is 1. The highest BCUT2D eigenvalue weighted by atomic mass is 35.5. The number of piperidine rings is 1. The minimum absolute atomic E-state index is 0.158. The van der Waals surface area contributed by atoms with Gasteiger partial charge in [0, 0.05) is 25.8 Å². The number of alkyl carbamates (subject to hydrolysis) is 1. The average Bonchev–Trinajstić information content (AvgIpc) is 2.50. The number of alkyl halides is 3. The van der Waals surface area contributed by atoms with Crippen molar-refractivity contribution in [1.82, 2.24) is 15.3 Å². The van der Waals surface area contributed by atoms with Crippen molar-refractivity contribution >= 4 is 23.5 Å². The normalized spacial score (nSPS) is 16.5. The number of rotatable bonds is 3. The average molecular weight is 395 g/mol. The van der Waals surface area contributed by atoms with Crippen LogP contribution in [0.15, 0.2) is 6.20 Å². The second-order valence-corrected chi connectivity index (χ2v) is 7.53. The highest BCUT2D eigenvalue weighted by Gasteiger charge is 2.37. The summed E-state index contributed by atoms with van der Waals surface area (Å²) in [6.07, 6.45) is -3.10. The molecule has 1 aromatic heterocycles. The summed E-state index contributed by atoms with van der Waals surface area (Å²) in [5, 5.41) is 2.48. The Balaban J connectivity index is 1.93. The molecule has 0 saturated carbocycles. The van der Waals surface area contributed by atoms with Crippen LogP contribution in [0.25, 0.3) is 0 Å². The van der Waals surface area contributed by atoms with Crippen LogP contribution in [0.3, 0.4) is 0 Å². The van der Waals surface area contributed by atoms with Gasteiger partial charge in [0.05, 0.1) is 0 Å². The first kappa shape index (κ1) is 20.5. The van der Waals surface area contributed by atoms with Crippen molar-refractivity contribution in [3.8, 4) is 0 Å². The molecule has 1 aliphatic rings. The molecule has 6 nitrogen and oxygen atoms in total. The number of carbonyl (C=O) groups is 1. The molecule has 26 heavy (non-hydrogen) atoms. The third-order valence-electron chi connectivity index (χ3n) is 3.89. The Morgan fingerprint density at radius 2 is 1.96 bits per heavy atom. The lowest BCUT2D eigenvalue weighted by Crippen LogP contribution is -2.41. The van der Waals surface area contributed by atoms with Crippen molar-refractivity contribution in [3.63, 3.8) is 0 Å². The summed E-state index contributed by atoms with van der Waals surface area (Å²) < 4.78 is 44.6. The largest absolute Gasteiger partial charge is 0.444 e. The maximum Gasteiger partial charge on any atom is 0.421 e. The zero-order valence-electron chi connectivity index (χ0n) is 14.9. The van der Waals surface area contributed by atoms with Crippen LogP contribution in [-0.4, -0.2) is 41.3 Å². The molecule has 0 radical (unpaired) electrons. The summed E-state index contributed by atoms with van der Waals surface area (Å²) in [6.45, 7) is 6.51. The van der Waals surface area contributed by atoms with Crippen LogP contribution in [-0.2, 0) is 10.9 Å². The summed E-state index contributed by atoms with van der Waals surface area (Å²) in [5.41, 5.74) is -1.47. The first-order valence-corrected chi connectivity index (χ1v) is 8.65. The quantitative estimate of drug-likeness (QED) is 0.788. The van der Waals surface area contributed by atoms with E-state index in [0.29, 0.717) is 38.7 Å². The van der Waals surface area contributed by atoms with E-state index in [2.05, 4.69) is 15.3 Å². The highest BCUT2D eigenvalue weighted by Crippen LogP contribution is 2.36. The zero-order chi connectivity index (χ0) is 19.5. The van der Waals surface area contributed by atoms with Crippen LogP contribution in [0, 0.1) is 5.92 Å². The third-order valence-corrected chi connectivity index (χ3v) is 4.07. The summed E-state index contributed by atoms with van der Waals surface area (Å²) in [4.78, 5) is 20.4. The number of hydrogen-bond acceptors (Lipinski definition) is 5. The van der Waals surface area contributed by atoms with E-state index < -0.39 is 23.4 Å². The molecule has 1 N–H and O–H groups in total. The minimum Gasteiger partial charge on any atom is -0.444 e. The van der Waals surface area contributed by atoms with E-state index in [4.69, 9.17) is 16.3 Å². The number of nitrogens with one attached hydrogen (secondary N) is 1. The van der Waals surface area contributed by atoms with Crippen LogP contribution in [0.2, 0.25) is 5.28 Å². The maximum absolute atomic E-state index is 13.1. The van der Waals surface area contributed by atoms with E-state index in [-0.39, 0.29) is 17.0 Å². The van der Waals surface area contributed by atoms with Gasteiger partial charge in [-0.3, -0.25) is 0 Å². The highest BCUT2D eigenvalue weighted by molar-refractivity contribution is 6.28. The fourth-order valence-electron chi connectivity index (χ4n) is 2.68. The lowest BCUT2D eigenvalue weighted by atomic mass is 9.96. The van der Waals surface area contributed by atoms with E-state index >= 15 is 0 Å². The van der Waals surface area contributed by atoms with Gasteiger partial charge in [0.15, 0.2) is 0 Å². The first-order chi connectivity index (χ1) is 12.0. The number of aromatic nitrogens is 2. The van der Waals surface area contributed by atoms with Crippen molar-refractivity contribution in [2.75, 3.05) is 24.5 Å². The van der Waals surface area contributed by atoms with Gasteiger partial charge >= 0.3 is 12.3 Å². The van der Waals surface area contributed by atoms with Crippen LogP contribution >= 0.6 is 11.6 Å². The minimum atomic E-state index is -4.55. The van der Waals surface area contributed by atoms with Gasteiger partial charge < -0.3 is 15.0 Å². The second kappa shape index (κ2) is 7.85. The molecule has 2 rings (SSSR count). The number of anilines is 1. The van der Waals surface area contributed by atoms with E-state index in [0.717, 1.165) is 0 Å². The Kier molecular flexibility index (Phi) is 6.21. The Labute approximate surface area is 155 Å². The number of ether oxygens (including phenoxy) is 1. The predicted molar refractivity (Wildman–Crippen MR) is 91.2 cm³/mol. The van der Waals surface area contributed by atoms with Crippen LogP contribution in [0.1, 0.15) is 39.2 Å². The van der Waals surface area contributed by atoms with Gasteiger partial charge in [0.2, 0.25) is 5.28 Å². The maximum atomic E-state index is 13.1. The van der Waals surface area contributed by atoms with Gasteiger partial charge in [-0.05, 0) is 51.1 Å². The Morgan fingerprint density at radius 3 is 2.50 bits per heavy atom. The van der Waals surface area contributed by atoms with Crippen molar-refractivity contribution in [2.45, 2.75) is 45.4 Å². The molecule has 2 heterocycles. The number of nitrogens with zero attached hydrogens (tertiary/aromatic N) is 3. The summed E-state index contributed by atoms with van der Waals surface area (Å²) in [6, 6.07) is 0. The topological polar surface area (TPSA) is 67.3 Å². The van der Waals surface area contributed by atoms with Gasteiger partial charge in [0.25, 0.3) is 0 Å². The summed E-state index contributed by atoms with van der Waals surface area (Å²) >= 11 is 5.67. The van der Waals surface area contributed by atoms with Crippen LogP contribution in [0.4, 0.5) is 23.8 Å². The number of carbonyl (C=O) groups excluding carboxylic acids is 1. The second-order valence-electron chi connectivity index (χ2n) is 7.19. The van der Waals surface area contributed by atoms with E-state index in [1.54, 1.807) is 25.7 Å². The monoisotopic (exact) mass is 394 g/mol. The van der Waals surface area contributed by atoms with Crippen molar-refractivity contribution in [3.05, 3.63) is 17.0 Å². The van der Waals surface area contributed by atoms with Crippen molar-refractivity contribution < 1.29 is 22.7 Å². The Bertz CT molecular complexity index is 641. The smallest absolute Gasteiger partial charge is 0.421 e. The van der Waals surface area contributed by atoms with Crippen molar-refractivity contribution in [1.29, 1.82) is 0 Å². The fourth-order valence-corrected chi connectivity index (χ4v) is 2.81.